The molecule has 0 aromatic carbocycles. The molecule has 1 saturated heterocycles. The Hall–Kier alpha value is -1.56. The van der Waals surface area contributed by atoms with Crippen LogP contribution in [0.5, 0.6) is 0 Å². The smallest absolute Gasteiger partial charge is 0.317 e. The molecule has 2 amide bonds. The van der Waals surface area contributed by atoms with Crippen LogP contribution in [-0.4, -0.2) is 64.8 Å². The minimum absolute atomic E-state index is 0.0614. The fourth-order valence-electron chi connectivity index (χ4n) is 2.79. The average Bonchev–Trinajstić information content (AvgIpc) is 2.86. The third-order valence-electron chi connectivity index (χ3n) is 4.67. The lowest BCUT2D eigenvalue weighted by Crippen LogP contribution is -2.59. The first-order valence-electron chi connectivity index (χ1n) is 7.74. The monoisotopic (exact) mass is 293 g/mol. The highest BCUT2D eigenvalue weighted by Crippen LogP contribution is 2.15. The number of aromatic nitrogens is 2. The van der Waals surface area contributed by atoms with E-state index < -0.39 is 0 Å². The summed E-state index contributed by atoms with van der Waals surface area (Å²) in [6.07, 6.45) is 3.74. The highest BCUT2D eigenvalue weighted by molar-refractivity contribution is 5.74. The van der Waals surface area contributed by atoms with Gasteiger partial charge in [0, 0.05) is 37.4 Å². The van der Waals surface area contributed by atoms with Gasteiger partial charge in [0.05, 0.1) is 6.20 Å². The number of rotatable bonds is 4. The predicted octanol–water partition coefficient (Wildman–Crippen LogP) is 1.38. The number of carbonyl (C=O) groups is 1. The number of nitrogens with one attached hydrogen (secondary N) is 2. The second-order valence-corrected chi connectivity index (χ2v) is 6.01. The zero-order chi connectivity index (χ0) is 15.4. The summed E-state index contributed by atoms with van der Waals surface area (Å²) in [4.78, 5) is 16.5. The quantitative estimate of drug-likeness (QED) is 0.825. The van der Waals surface area contributed by atoms with E-state index in [0.717, 1.165) is 31.6 Å². The average molecular weight is 293 g/mol. The van der Waals surface area contributed by atoms with Gasteiger partial charge in [-0.15, -0.1) is 0 Å². The molecule has 1 aromatic rings. The van der Waals surface area contributed by atoms with Gasteiger partial charge in [0.15, 0.2) is 0 Å². The van der Waals surface area contributed by atoms with Gasteiger partial charge in [0.25, 0.3) is 0 Å². The fourth-order valence-corrected chi connectivity index (χ4v) is 2.79. The molecule has 0 saturated carbocycles. The molecule has 0 bridgehead atoms. The maximum absolute atomic E-state index is 12.3. The predicted molar refractivity (Wildman–Crippen MR) is 83.3 cm³/mol. The molecule has 0 aliphatic carbocycles. The zero-order valence-electron chi connectivity index (χ0n) is 13.5. The van der Waals surface area contributed by atoms with Gasteiger partial charge in [0.2, 0.25) is 0 Å². The second-order valence-electron chi connectivity index (χ2n) is 6.01. The van der Waals surface area contributed by atoms with Gasteiger partial charge in [-0.05, 0) is 46.2 Å². The van der Waals surface area contributed by atoms with Crippen LogP contribution in [0.3, 0.4) is 0 Å². The molecule has 6 nitrogen and oxygen atoms in total. The Kier molecular flexibility index (Phi) is 5.22. The largest absolute Gasteiger partial charge is 0.338 e. The lowest BCUT2D eigenvalue weighted by molar-refractivity contribution is 0.0741. The van der Waals surface area contributed by atoms with E-state index in [-0.39, 0.29) is 12.1 Å². The molecular weight excluding hydrogens is 266 g/mol. The number of H-pyrrole nitrogens is 1. The number of hydrogen-bond acceptors (Lipinski definition) is 3. The van der Waals surface area contributed by atoms with E-state index in [9.17, 15) is 4.79 Å². The van der Waals surface area contributed by atoms with Crippen molar-refractivity contribution in [3.8, 4) is 0 Å². The van der Waals surface area contributed by atoms with Crippen molar-refractivity contribution in [1.29, 1.82) is 0 Å². The summed E-state index contributed by atoms with van der Waals surface area (Å²) >= 11 is 0. The Morgan fingerprint density at radius 2 is 2.19 bits per heavy atom. The number of aryl methyl sites for hydroxylation is 2. The van der Waals surface area contributed by atoms with E-state index in [4.69, 9.17) is 0 Å². The number of nitrogens with zero attached hydrogens (tertiary/aromatic N) is 3. The molecular formula is C15H27N5O. The number of amides is 2. The van der Waals surface area contributed by atoms with Crippen LogP contribution >= 0.6 is 0 Å². The van der Waals surface area contributed by atoms with Crippen molar-refractivity contribution in [3.63, 3.8) is 0 Å². The standard InChI is InChI=1S/C15H27N5O/c1-11-14(10-17-18-11)6-5-7-16-15(21)20-9-8-19(4)12(2)13(20)3/h10,12-13H,5-9H2,1-4H3,(H,16,21)(H,17,18). The normalized spacial score (nSPS) is 23.3. The Morgan fingerprint density at radius 3 is 2.86 bits per heavy atom. The van der Waals surface area contributed by atoms with Gasteiger partial charge in [-0.2, -0.15) is 5.10 Å². The number of carbonyl (C=O) groups excluding carboxylic acids is 1. The summed E-state index contributed by atoms with van der Waals surface area (Å²) < 4.78 is 0. The van der Waals surface area contributed by atoms with Crippen LogP contribution in [0, 0.1) is 6.92 Å². The van der Waals surface area contributed by atoms with Crippen molar-refractivity contribution in [1.82, 2.24) is 25.3 Å². The van der Waals surface area contributed by atoms with Crippen LogP contribution in [0.15, 0.2) is 6.20 Å². The highest BCUT2D eigenvalue weighted by atomic mass is 16.2. The first kappa shape index (κ1) is 15.8. The minimum Gasteiger partial charge on any atom is -0.338 e. The van der Waals surface area contributed by atoms with Gasteiger partial charge < -0.3 is 10.2 Å². The van der Waals surface area contributed by atoms with E-state index in [0.29, 0.717) is 12.6 Å². The van der Waals surface area contributed by atoms with E-state index in [1.165, 1.54) is 5.56 Å². The molecule has 21 heavy (non-hydrogen) atoms. The van der Waals surface area contributed by atoms with Crippen molar-refractivity contribution >= 4 is 6.03 Å². The SMILES string of the molecule is Cc1[nH]ncc1CCCNC(=O)N1CCN(C)C(C)C1C. The number of piperazine rings is 1. The molecule has 2 unspecified atom stereocenters. The van der Waals surface area contributed by atoms with Gasteiger partial charge in [-0.3, -0.25) is 10.00 Å². The molecule has 2 N–H and O–H groups in total. The van der Waals surface area contributed by atoms with Crippen molar-refractivity contribution in [2.75, 3.05) is 26.7 Å². The summed E-state index contributed by atoms with van der Waals surface area (Å²) in [5.74, 6) is 0. The summed E-state index contributed by atoms with van der Waals surface area (Å²) in [7, 11) is 2.11. The van der Waals surface area contributed by atoms with Crippen LogP contribution in [-0.2, 0) is 6.42 Å². The Bertz CT molecular complexity index is 472. The van der Waals surface area contributed by atoms with Crippen LogP contribution in [0.2, 0.25) is 0 Å². The van der Waals surface area contributed by atoms with Crippen molar-refractivity contribution in [3.05, 3.63) is 17.5 Å². The number of hydrogen-bond donors (Lipinski definition) is 2. The van der Waals surface area contributed by atoms with E-state index >= 15 is 0 Å². The van der Waals surface area contributed by atoms with E-state index in [1.807, 2.05) is 18.0 Å². The van der Waals surface area contributed by atoms with Crippen LogP contribution in [0.1, 0.15) is 31.5 Å². The van der Waals surface area contributed by atoms with Crippen LogP contribution < -0.4 is 5.32 Å². The third kappa shape index (κ3) is 3.75. The number of aromatic amines is 1. The van der Waals surface area contributed by atoms with Gasteiger partial charge >= 0.3 is 6.03 Å². The molecule has 0 spiro atoms. The molecule has 0 radical (unpaired) electrons. The van der Waals surface area contributed by atoms with Crippen LogP contribution in [0.25, 0.3) is 0 Å². The molecule has 118 valence electrons. The molecule has 2 atom stereocenters. The zero-order valence-corrected chi connectivity index (χ0v) is 13.5. The molecule has 1 aliphatic rings. The molecule has 1 aromatic heterocycles. The maximum atomic E-state index is 12.3. The Labute approximate surface area is 126 Å². The van der Waals surface area contributed by atoms with E-state index in [1.54, 1.807) is 0 Å². The first-order chi connectivity index (χ1) is 10.0. The first-order valence-corrected chi connectivity index (χ1v) is 7.74. The fraction of sp³-hybridized carbons (Fsp3) is 0.733. The van der Waals surface area contributed by atoms with Crippen LogP contribution in [0.4, 0.5) is 4.79 Å². The second kappa shape index (κ2) is 6.93. The van der Waals surface area contributed by atoms with Crippen molar-refractivity contribution in [2.45, 2.75) is 45.7 Å². The molecule has 6 heteroatoms. The molecule has 2 heterocycles. The molecule has 1 aliphatic heterocycles. The van der Waals surface area contributed by atoms with Gasteiger partial charge in [0.1, 0.15) is 0 Å². The van der Waals surface area contributed by atoms with Gasteiger partial charge in [-0.1, -0.05) is 0 Å². The summed E-state index contributed by atoms with van der Waals surface area (Å²) in [6.45, 7) is 8.76. The molecule has 2 rings (SSSR count). The topological polar surface area (TPSA) is 64.3 Å². The lowest BCUT2D eigenvalue weighted by atomic mass is 10.1. The third-order valence-corrected chi connectivity index (χ3v) is 4.67. The van der Waals surface area contributed by atoms with Crippen molar-refractivity contribution < 1.29 is 4.79 Å². The maximum Gasteiger partial charge on any atom is 0.317 e. The molecule has 1 fully saturated rings. The summed E-state index contributed by atoms with van der Waals surface area (Å²) in [5, 5.41) is 9.98. The summed E-state index contributed by atoms with van der Waals surface area (Å²) in [5.41, 5.74) is 2.34. The van der Waals surface area contributed by atoms with Gasteiger partial charge in [-0.25, -0.2) is 4.79 Å². The highest BCUT2D eigenvalue weighted by Gasteiger charge is 2.31. The number of likely N-dealkylation sites (N-methyl/N-ethyl adjacent to an activating group) is 1. The van der Waals surface area contributed by atoms with E-state index in [2.05, 4.69) is 41.3 Å². The number of urea groups is 1. The Balaban J connectivity index is 1.73. The van der Waals surface area contributed by atoms with Crippen molar-refractivity contribution in [2.24, 2.45) is 0 Å². The minimum atomic E-state index is 0.0614. The lowest BCUT2D eigenvalue weighted by Gasteiger charge is -2.43. The summed E-state index contributed by atoms with van der Waals surface area (Å²) in [6, 6.07) is 0.712. The Morgan fingerprint density at radius 1 is 1.43 bits per heavy atom.